The Morgan fingerprint density at radius 2 is 2.18 bits per heavy atom. The molecule has 2 rings (SSSR count). The molecule has 0 saturated heterocycles. The van der Waals surface area contributed by atoms with Crippen molar-refractivity contribution in [2.45, 2.75) is 6.92 Å². The highest BCUT2D eigenvalue weighted by Gasteiger charge is 2.14. The van der Waals surface area contributed by atoms with Gasteiger partial charge in [0.15, 0.2) is 0 Å². The number of hydrogen-bond donors (Lipinski definition) is 2. The van der Waals surface area contributed by atoms with Crippen LogP contribution in [0.25, 0.3) is 0 Å². The minimum atomic E-state index is -0.329. The van der Waals surface area contributed by atoms with Crippen LogP contribution in [0.5, 0.6) is 0 Å². The topological polar surface area (TPSA) is 57.8 Å². The molecule has 0 aliphatic heterocycles. The maximum Gasteiger partial charge on any atom is 0.258 e. The smallest absolute Gasteiger partial charge is 0.258 e. The zero-order chi connectivity index (χ0) is 12.4. The van der Waals surface area contributed by atoms with Gasteiger partial charge in [0.1, 0.15) is 5.82 Å². The Kier molecular flexibility index (Phi) is 3.36. The van der Waals surface area contributed by atoms with Crippen LogP contribution < -0.4 is 5.32 Å². The van der Waals surface area contributed by atoms with E-state index in [0.29, 0.717) is 16.4 Å². The second kappa shape index (κ2) is 4.77. The number of aryl methyl sites for hydroxylation is 1. The van der Waals surface area contributed by atoms with Gasteiger partial charge in [-0.15, -0.1) is 0 Å². The predicted molar refractivity (Wildman–Crippen MR) is 67.7 cm³/mol. The highest BCUT2D eigenvalue weighted by atomic mass is 35.5. The van der Waals surface area contributed by atoms with E-state index < -0.39 is 0 Å². The number of benzene rings is 1. The number of aromatic amines is 1. The molecule has 6 heteroatoms. The molecule has 0 radical (unpaired) electrons. The maximum absolute atomic E-state index is 11.9. The summed E-state index contributed by atoms with van der Waals surface area (Å²) in [6.45, 7) is 1.83. The van der Waals surface area contributed by atoms with Crippen LogP contribution in [0.1, 0.15) is 15.9 Å². The SMILES string of the molecule is Cc1cn[nH]c1NC(=O)c1cccc(Cl)c1Cl. The molecule has 1 aromatic carbocycles. The van der Waals surface area contributed by atoms with Crippen molar-refractivity contribution < 1.29 is 4.79 Å². The summed E-state index contributed by atoms with van der Waals surface area (Å²) < 4.78 is 0. The van der Waals surface area contributed by atoms with E-state index in [9.17, 15) is 4.79 Å². The predicted octanol–water partition coefficient (Wildman–Crippen LogP) is 3.28. The average molecular weight is 270 g/mol. The number of halogens is 2. The normalized spacial score (nSPS) is 10.3. The number of nitrogens with zero attached hydrogens (tertiary/aromatic N) is 1. The van der Waals surface area contributed by atoms with Gasteiger partial charge in [-0.2, -0.15) is 5.10 Å². The molecule has 0 fully saturated rings. The lowest BCUT2D eigenvalue weighted by molar-refractivity contribution is 0.102. The van der Waals surface area contributed by atoms with Gasteiger partial charge in [0.2, 0.25) is 0 Å². The first-order valence-electron chi connectivity index (χ1n) is 4.85. The second-order valence-electron chi connectivity index (χ2n) is 3.48. The van der Waals surface area contributed by atoms with Crippen molar-refractivity contribution in [3.05, 3.63) is 45.6 Å². The van der Waals surface area contributed by atoms with Gasteiger partial charge in [-0.05, 0) is 19.1 Å². The summed E-state index contributed by atoms with van der Waals surface area (Å²) in [7, 11) is 0. The Hall–Kier alpha value is -1.52. The van der Waals surface area contributed by atoms with Gasteiger partial charge in [0.05, 0.1) is 21.8 Å². The van der Waals surface area contributed by atoms with E-state index in [1.54, 1.807) is 24.4 Å². The molecule has 2 N–H and O–H groups in total. The first-order valence-corrected chi connectivity index (χ1v) is 5.60. The van der Waals surface area contributed by atoms with Crippen molar-refractivity contribution in [1.82, 2.24) is 10.2 Å². The number of hydrogen-bond acceptors (Lipinski definition) is 2. The summed E-state index contributed by atoms with van der Waals surface area (Å²) in [5, 5.41) is 9.75. The molecule has 1 aromatic heterocycles. The van der Waals surface area contributed by atoms with Crippen molar-refractivity contribution >= 4 is 34.9 Å². The van der Waals surface area contributed by atoms with Crippen molar-refractivity contribution in [2.24, 2.45) is 0 Å². The molecule has 0 aliphatic rings. The zero-order valence-electron chi connectivity index (χ0n) is 8.92. The van der Waals surface area contributed by atoms with Crippen molar-refractivity contribution in [2.75, 3.05) is 5.32 Å². The van der Waals surface area contributed by atoms with Gasteiger partial charge in [0, 0.05) is 5.56 Å². The summed E-state index contributed by atoms with van der Waals surface area (Å²) in [5.74, 6) is 0.218. The molecule has 88 valence electrons. The maximum atomic E-state index is 11.9. The minimum Gasteiger partial charge on any atom is -0.307 e. The van der Waals surface area contributed by atoms with Crippen LogP contribution in [-0.4, -0.2) is 16.1 Å². The van der Waals surface area contributed by atoms with Crippen molar-refractivity contribution in [1.29, 1.82) is 0 Å². The fourth-order valence-corrected chi connectivity index (χ4v) is 1.72. The zero-order valence-corrected chi connectivity index (χ0v) is 10.4. The molecule has 1 amide bonds. The standard InChI is InChI=1S/C11H9Cl2N3O/c1-6-5-14-16-10(6)15-11(17)7-3-2-4-8(12)9(7)13/h2-5H,1H3,(H2,14,15,16,17). The molecule has 0 spiro atoms. The number of H-pyrrole nitrogens is 1. The number of nitrogens with one attached hydrogen (secondary N) is 2. The van der Waals surface area contributed by atoms with Gasteiger partial charge >= 0.3 is 0 Å². The lowest BCUT2D eigenvalue weighted by atomic mass is 10.2. The molecule has 17 heavy (non-hydrogen) atoms. The van der Waals surface area contributed by atoms with E-state index >= 15 is 0 Å². The highest BCUT2D eigenvalue weighted by molar-refractivity contribution is 6.44. The molecule has 0 bridgehead atoms. The number of rotatable bonds is 2. The third-order valence-electron chi connectivity index (χ3n) is 2.26. The van der Waals surface area contributed by atoms with E-state index in [0.717, 1.165) is 5.56 Å². The molecule has 0 unspecified atom stereocenters. The van der Waals surface area contributed by atoms with Crippen LogP contribution in [0, 0.1) is 6.92 Å². The Labute approximate surface area is 108 Å². The van der Waals surface area contributed by atoms with E-state index in [2.05, 4.69) is 15.5 Å². The van der Waals surface area contributed by atoms with E-state index in [1.165, 1.54) is 0 Å². The molecule has 4 nitrogen and oxygen atoms in total. The van der Waals surface area contributed by atoms with Crippen LogP contribution in [0.15, 0.2) is 24.4 Å². The lowest BCUT2D eigenvalue weighted by Gasteiger charge is -2.06. The molecule has 0 saturated carbocycles. The average Bonchev–Trinajstić information content (AvgIpc) is 2.68. The van der Waals surface area contributed by atoms with Crippen LogP contribution in [0.2, 0.25) is 10.0 Å². The number of aromatic nitrogens is 2. The Balaban J connectivity index is 2.27. The Bertz CT molecular complexity index is 566. The third-order valence-corrected chi connectivity index (χ3v) is 3.08. The molecule has 0 atom stereocenters. The van der Waals surface area contributed by atoms with Gasteiger partial charge in [-0.1, -0.05) is 29.3 Å². The first-order chi connectivity index (χ1) is 8.09. The van der Waals surface area contributed by atoms with Gasteiger partial charge in [-0.3, -0.25) is 9.89 Å². The monoisotopic (exact) mass is 269 g/mol. The highest BCUT2D eigenvalue weighted by Crippen LogP contribution is 2.26. The quantitative estimate of drug-likeness (QED) is 0.879. The minimum absolute atomic E-state index is 0.240. The molecular weight excluding hydrogens is 261 g/mol. The summed E-state index contributed by atoms with van der Waals surface area (Å²) in [4.78, 5) is 11.9. The lowest BCUT2D eigenvalue weighted by Crippen LogP contribution is -2.13. The summed E-state index contributed by atoms with van der Waals surface area (Å²) in [6.07, 6.45) is 1.62. The van der Waals surface area contributed by atoms with Crippen LogP contribution in [0.4, 0.5) is 5.82 Å². The second-order valence-corrected chi connectivity index (χ2v) is 4.27. The van der Waals surface area contributed by atoms with E-state index in [-0.39, 0.29) is 10.9 Å². The molecule has 2 aromatic rings. The fraction of sp³-hybridized carbons (Fsp3) is 0.0909. The summed E-state index contributed by atoms with van der Waals surface area (Å²) in [6, 6.07) is 4.90. The first kappa shape index (κ1) is 12.0. The Morgan fingerprint density at radius 3 is 2.82 bits per heavy atom. The van der Waals surface area contributed by atoms with Crippen molar-refractivity contribution in [3.8, 4) is 0 Å². The number of amides is 1. The summed E-state index contributed by atoms with van der Waals surface area (Å²) >= 11 is 11.8. The van der Waals surface area contributed by atoms with Crippen LogP contribution >= 0.6 is 23.2 Å². The Morgan fingerprint density at radius 1 is 1.41 bits per heavy atom. The van der Waals surface area contributed by atoms with E-state index in [1.807, 2.05) is 6.92 Å². The molecule has 0 aliphatic carbocycles. The number of carbonyl (C=O) groups is 1. The van der Waals surface area contributed by atoms with Crippen LogP contribution in [0.3, 0.4) is 0 Å². The largest absolute Gasteiger partial charge is 0.307 e. The summed E-state index contributed by atoms with van der Waals surface area (Å²) in [5.41, 5.74) is 1.17. The van der Waals surface area contributed by atoms with Gasteiger partial charge in [0.25, 0.3) is 5.91 Å². The number of anilines is 1. The van der Waals surface area contributed by atoms with Crippen LogP contribution in [-0.2, 0) is 0 Å². The van der Waals surface area contributed by atoms with E-state index in [4.69, 9.17) is 23.2 Å². The fourth-order valence-electron chi connectivity index (χ4n) is 1.33. The van der Waals surface area contributed by atoms with Crippen molar-refractivity contribution in [3.63, 3.8) is 0 Å². The molecule has 1 heterocycles. The number of carbonyl (C=O) groups excluding carboxylic acids is 1. The van der Waals surface area contributed by atoms with Gasteiger partial charge in [-0.25, -0.2) is 0 Å². The van der Waals surface area contributed by atoms with Gasteiger partial charge < -0.3 is 5.32 Å². The third kappa shape index (κ3) is 2.43. The molecular formula is C11H9Cl2N3O.